The van der Waals surface area contributed by atoms with Crippen LogP contribution < -0.4 is 14.4 Å². The first-order chi connectivity index (χ1) is 17.7. The highest BCUT2D eigenvalue weighted by atomic mass is 31.1. The van der Waals surface area contributed by atoms with Crippen LogP contribution in [0.4, 0.5) is 5.69 Å². The molecule has 0 aromatic heterocycles. The quantitative estimate of drug-likeness (QED) is 0.300. The van der Waals surface area contributed by atoms with Gasteiger partial charge in [-0.1, -0.05) is 58.2 Å². The zero-order valence-electron chi connectivity index (χ0n) is 24.0. The fourth-order valence-corrected chi connectivity index (χ4v) is 5.20. The van der Waals surface area contributed by atoms with Crippen LogP contribution in [0, 0.1) is 11.3 Å². The van der Waals surface area contributed by atoms with Gasteiger partial charge in [0.1, 0.15) is 11.5 Å². The molecule has 37 heavy (non-hydrogen) atoms. The molecule has 0 bridgehead atoms. The molecule has 2 fully saturated rings. The average molecular weight is 528 g/mol. The van der Waals surface area contributed by atoms with E-state index in [9.17, 15) is 4.89 Å². The number of methoxy groups -OCH3 is 1. The molecule has 1 atom stereocenters. The Bertz CT molecular complexity index is 927. The lowest BCUT2D eigenvalue weighted by atomic mass is 9.88. The predicted molar refractivity (Wildman–Crippen MR) is 160 cm³/mol. The summed E-state index contributed by atoms with van der Waals surface area (Å²) in [4.78, 5) is 12.1. The topological polar surface area (TPSA) is 41.9 Å². The molecule has 1 saturated carbocycles. The van der Waals surface area contributed by atoms with E-state index in [4.69, 9.17) is 9.47 Å². The summed E-state index contributed by atoms with van der Waals surface area (Å²) in [6.45, 7) is 11.8. The van der Waals surface area contributed by atoms with Crippen molar-refractivity contribution < 1.29 is 14.4 Å². The number of nitrogens with zero attached hydrogens (tertiary/aromatic N) is 1. The molecule has 2 aliphatic rings. The van der Waals surface area contributed by atoms with Gasteiger partial charge in [0.2, 0.25) is 0 Å². The van der Waals surface area contributed by atoms with E-state index in [1.165, 1.54) is 48.9 Å². The molecule has 1 N–H and O–H groups in total. The monoisotopic (exact) mass is 527 g/mol. The summed E-state index contributed by atoms with van der Waals surface area (Å²) in [7, 11) is 0.908. The SMILES string of the molecule is C1CC1.COc1ccc(CCCC(C)(C)C)c(N2CCC(COc3cccc(CCP(C)O)c3)CC2)c1. The molecule has 206 valence electrons. The van der Waals surface area contributed by atoms with Gasteiger partial charge in [-0.15, -0.1) is 0 Å². The fraction of sp³-hybridized carbons (Fsp3) is 0.625. The summed E-state index contributed by atoms with van der Waals surface area (Å²) < 4.78 is 11.7. The number of piperidine rings is 1. The van der Waals surface area contributed by atoms with E-state index >= 15 is 0 Å². The number of anilines is 1. The molecule has 1 aliphatic heterocycles. The maximum Gasteiger partial charge on any atom is 0.120 e. The van der Waals surface area contributed by atoms with Gasteiger partial charge in [0.25, 0.3) is 0 Å². The second kappa shape index (κ2) is 15.0. The minimum Gasteiger partial charge on any atom is -0.497 e. The molecule has 4 nitrogen and oxygen atoms in total. The molecule has 5 heteroatoms. The summed E-state index contributed by atoms with van der Waals surface area (Å²) in [5, 5.41) is 0. The third-order valence-corrected chi connectivity index (χ3v) is 7.95. The Morgan fingerprint density at radius 1 is 0.973 bits per heavy atom. The first-order valence-corrected chi connectivity index (χ1v) is 16.2. The van der Waals surface area contributed by atoms with Crippen LogP contribution in [-0.2, 0) is 12.8 Å². The smallest absolute Gasteiger partial charge is 0.120 e. The van der Waals surface area contributed by atoms with Crippen LogP contribution in [0.1, 0.15) is 76.8 Å². The first-order valence-electron chi connectivity index (χ1n) is 14.3. The molecule has 2 aromatic rings. The Morgan fingerprint density at radius 2 is 1.70 bits per heavy atom. The number of hydrogen-bond donors (Lipinski definition) is 1. The molecule has 0 spiro atoms. The predicted octanol–water partition coefficient (Wildman–Crippen LogP) is 8.09. The normalized spacial score (nSPS) is 16.5. The highest BCUT2D eigenvalue weighted by Gasteiger charge is 2.22. The van der Waals surface area contributed by atoms with Crippen molar-refractivity contribution in [1.82, 2.24) is 0 Å². The van der Waals surface area contributed by atoms with Crippen molar-refractivity contribution in [2.75, 3.05) is 44.5 Å². The van der Waals surface area contributed by atoms with Crippen LogP contribution in [0.5, 0.6) is 11.5 Å². The van der Waals surface area contributed by atoms with Crippen molar-refractivity contribution in [2.45, 2.75) is 78.6 Å². The number of rotatable bonds is 11. The Morgan fingerprint density at radius 3 is 2.32 bits per heavy atom. The minimum absolute atomic E-state index is 0.378. The maximum atomic E-state index is 9.60. The largest absolute Gasteiger partial charge is 0.497 e. The third-order valence-electron chi connectivity index (χ3n) is 7.08. The van der Waals surface area contributed by atoms with E-state index in [1.807, 2.05) is 12.7 Å². The standard InChI is InChI=1S/C29H44NO3P.C3H6/c1-29(2,3)16-7-9-25-11-12-26(32-4)21-28(25)30-17-13-24(14-18-30)22-33-27-10-6-8-23(20-27)15-19-34(5)31;1-2-3-1/h6,8,10-12,20-21,24,31H,7,9,13-19,22H2,1-5H3;1-3H2. The molecule has 1 heterocycles. The van der Waals surface area contributed by atoms with Gasteiger partial charge < -0.3 is 19.3 Å². The van der Waals surface area contributed by atoms with Crippen molar-refractivity contribution >= 4 is 13.8 Å². The minimum atomic E-state index is -0.844. The van der Waals surface area contributed by atoms with Crippen LogP contribution in [0.15, 0.2) is 42.5 Å². The first kappa shape index (κ1) is 29.8. The summed E-state index contributed by atoms with van der Waals surface area (Å²) in [5.41, 5.74) is 4.41. The summed E-state index contributed by atoms with van der Waals surface area (Å²) in [5.74, 6) is 2.47. The highest BCUT2D eigenvalue weighted by Crippen LogP contribution is 2.32. The summed E-state index contributed by atoms with van der Waals surface area (Å²) >= 11 is 0. The van der Waals surface area contributed by atoms with Crippen LogP contribution >= 0.6 is 8.15 Å². The molecule has 0 amide bonds. The summed E-state index contributed by atoms with van der Waals surface area (Å²) in [6.07, 6.45) is 12.1. The Hall–Kier alpha value is -1.77. The van der Waals surface area contributed by atoms with Gasteiger partial charge in [0, 0.05) is 33.0 Å². The van der Waals surface area contributed by atoms with Crippen LogP contribution in [0.3, 0.4) is 0 Å². The van der Waals surface area contributed by atoms with Crippen molar-refractivity contribution in [3.05, 3.63) is 53.6 Å². The van der Waals surface area contributed by atoms with E-state index in [2.05, 4.69) is 62.1 Å². The van der Waals surface area contributed by atoms with Crippen molar-refractivity contribution in [3.8, 4) is 11.5 Å². The second-order valence-corrected chi connectivity index (χ2v) is 13.8. The Balaban J connectivity index is 0.00000118. The Labute approximate surface area is 227 Å². The van der Waals surface area contributed by atoms with E-state index in [0.29, 0.717) is 11.3 Å². The molecular formula is C32H50NO3P. The molecule has 1 aliphatic carbocycles. The molecule has 1 saturated heterocycles. The lowest BCUT2D eigenvalue weighted by Gasteiger charge is -2.35. The van der Waals surface area contributed by atoms with Gasteiger partial charge in [-0.05, 0) is 92.0 Å². The lowest BCUT2D eigenvalue weighted by molar-refractivity contribution is 0.222. The van der Waals surface area contributed by atoms with Crippen molar-refractivity contribution in [2.24, 2.45) is 11.3 Å². The van der Waals surface area contributed by atoms with Gasteiger partial charge >= 0.3 is 0 Å². The third kappa shape index (κ3) is 11.7. The molecule has 1 unspecified atom stereocenters. The van der Waals surface area contributed by atoms with Crippen LogP contribution in [-0.4, -0.2) is 44.5 Å². The van der Waals surface area contributed by atoms with Crippen molar-refractivity contribution in [3.63, 3.8) is 0 Å². The van der Waals surface area contributed by atoms with Gasteiger partial charge in [0.05, 0.1) is 13.7 Å². The average Bonchev–Trinajstić information content (AvgIpc) is 3.76. The molecular weight excluding hydrogens is 477 g/mol. The van der Waals surface area contributed by atoms with E-state index < -0.39 is 8.15 Å². The second-order valence-electron chi connectivity index (χ2n) is 12.0. The van der Waals surface area contributed by atoms with Gasteiger partial charge in [-0.25, -0.2) is 0 Å². The van der Waals surface area contributed by atoms with Gasteiger partial charge in [-0.2, -0.15) is 0 Å². The number of hydrogen-bond acceptors (Lipinski definition) is 4. The van der Waals surface area contributed by atoms with Crippen LogP contribution in [0.25, 0.3) is 0 Å². The van der Waals surface area contributed by atoms with Crippen molar-refractivity contribution in [1.29, 1.82) is 0 Å². The van der Waals surface area contributed by atoms with Crippen LogP contribution in [0.2, 0.25) is 0 Å². The fourth-order valence-electron chi connectivity index (χ4n) is 4.62. The zero-order chi connectivity index (χ0) is 26.7. The Kier molecular flexibility index (Phi) is 12.1. The number of benzene rings is 2. The summed E-state index contributed by atoms with van der Waals surface area (Å²) in [6, 6.07) is 15.0. The molecule has 4 rings (SSSR count). The zero-order valence-corrected chi connectivity index (χ0v) is 24.9. The van der Waals surface area contributed by atoms with E-state index in [0.717, 1.165) is 63.0 Å². The van der Waals surface area contributed by atoms with E-state index in [-0.39, 0.29) is 0 Å². The van der Waals surface area contributed by atoms with E-state index in [1.54, 1.807) is 7.11 Å². The highest BCUT2D eigenvalue weighted by molar-refractivity contribution is 7.50. The molecule has 2 aromatic carbocycles. The maximum absolute atomic E-state index is 9.60. The van der Waals surface area contributed by atoms with Gasteiger partial charge in [0.15, 0.2) is 0 Å². The lowest BCUT2D eigenvalue weighted by Crippen LogP contribution is -2.36. The molecule has 0 radical (unpaired) electrons. The number of ether oxygens (including phenoxy) is 2. The number of aryl methyl sites for hydroxylation is 2. The van der Waals surface area contributed by atoms with Gasteiger partial charge in [-0.3, -0.25) is 0 Å².